The van der Waals surface area contributed by atoms with E-state index in [1.54, 1.807) is 0 Å². The Hall–Kier alpha value is -3.13. The van der Waals surface area contributed by atoms with Crippen LogP contribution in [-0.4, -0.2) is 21.1 Å². The van der Waals surface area contributed by atoms with Crippen LogP contribution in [0.15, 0.2) is 52.4 Å². The molecular weight excluding hydrogens is 342 g/mol. The first kappa shape index (κ1) is 16.7. The first-order valence-corrected chi connectivity index (χ1v) is 8.08. The molecule has 2 N–H and O–H groups in total. The number of benzene rings is 2. The molecule has 0 atom stereocenters. The third kappa shape index (κ3) is 3.86. The van der Waals surface area contributed by atoms with Gasteiger partial charge >= 0.3 is 0 Å². The molecule has 0 saturated carbocycles. The number of aliphatic imine (C=N–C) groups is 1. The SMILES string of the molecule is Cc1ccc(N=C2NC(=O)/C(=C\c3cc([N+](=O)[O-])ccc3O)S2)cc1. The zero-order valence-electron chi connectivity index (χ0n) is 13.1. The van der Waals surface area contributed by atoms with Gasteiger partial charge in [0.15, 0.2) is 5.17 Å². The lowest BCUT2D eigenvalue weighted by Crippen LogP contribution is -2.19. The van der Waals surface area contributed by atoms with Gasteiger partial charge in [-0.1, -0.05) is 17.7 Å². The summed E-state index contributed by atoms with van der Waals surface area (Å²) in [5, 5.41) is 23.7. The highest BCUT2D eigenvalue weighted by molar-refractivity contribution is 8.18. The smallest absolute Gasteiger partial charge is 0.270 e. The van der Waals surface area contributed by atoms with Gasteiger partial charge in [0.1, 0.15) is 5.75 Å². The molecule has 2 aromatic carbocycles. The molecule has 0 aromatic heterocycles. The highest BCUT2D eigenvalue weighted by Crippen LogP contribution is 2.31. The summed E-state index contributed by atoms with van der Waals surface area (Å²) in [6.45, 7) is 1.97. The maximum atomic E-state index is 12.1. The predicted octanol–water partition coefficient (Wildman–Crippen LogP) is 3.50. The molecule has 0 aliphatic carbocycles. The van der Waals surface area contributed by atoms with E-state index in [2.05, 4.69) is 10.3 Å². The van der Waals surface area contributed by atoms with Crippen molar-refractivity contribution in [3.8, 4) is 5.75 Å². The van der Waals surface area contributed by atoms with E-state index < -0.39 is 4.92 Å². The van der Waals surface area contributed by atoms with Crippen LogP contribution in [0.1, 0.15) is 11.1 Å². The standard InChI is InChI=1S/C17H13N3O4S/c1-10-2-4-12(5-3-10)18-17-19-16(22)15(25-17)9-11-8-13(20(23)24)6-7-14(11)21/h2-9,21H,1H3,(H,18,19,22)/b15-9+. The van der Waals surface area contributed by atoms with Crippen LogP contribution >= 0.6 is 11.8 Å². The van der Waals surface area contributed by atoms with Gasteiger partial charge < -0.3 is 10.4 Å². The second-order valence-corrected chi connectivity index (χ2v) is 6.35. The summed E-state index contributed by atoms with van der Waals surface area (Å²) >= 11 is 1.11. The number of amides is 1. The Labute approximate surface area is 147 Å². The van der Waals surface area contributed by atoms with Crippen LogP contribution in [0.3, 0.4) is 0 Å². The highest BCUT2D eigenvalue weighted by atomic mass is 32.2. The van der Waals surface area contributed by atoms with Crippen LogP contribution in [-0.2, 0) is 4.79 Å². The summed E-state index contributed by atoms with van der Waals surface area (Å²) in [6.07, 6.45) is 1.40. The van der Waals surface area contributed by atoms with Crippen molar-refractivity contribution in [3.05, 3.63) is 68.6 Å². The average Bonchev–Trinajstić information content (AvgIpc) is 2.91. The van der Waals surface area contributed by atoms with Crippen LogP contribution in [0.5, 0.6) is 5.75 Å². The molecule has 0 spiro atoms. The van der Waals surface area contributed by atoms with E-state index in [1.165, 1.54) is 24.3 Å². The number of rotatable bonds is 3. The second-order valence-electron chi connectivity index (χ2n) is 5.32. The number of nitrogens with one attached hydrogen (secondary N) is 1. The minimum atomic E-state index is -0.562. The third-order valence-corrected chi connectivity index (χ3v) is 4.33. The van der Waals surface area contributed by atoms with E-state index in [9.17, 15) is 20.0 Å². The summed E-state index contributed by atoms with van der Waals surface area (Å²) in [4.78, 5) is 27.0. The minimum absolute atomic E-state index is 0.143. The fourth-order valence-corrected chi connectivity index (χ4v) is 2.96. The number of thioether (sulfide) groups is 1. The number of aryl methyl sites for hydroxylation is 1. The highest BCUT2D eigenvalue weighted by Gasteiger charge is 2.24. The zero-order chi connectivity index (χ0) is 18.0. The van der Waals surface area contributed by atoms with E-state index >= 15 is 0 Å². The molecular formula is C17H13N3O4S. The van der Waals surface area contributed by atoms with Crippen LogP contribution in [0.2, 0.25) is 0 Å². The number of aromatic hydroxyl groups is 1. The van der Waals surface area contributed by atoms with Gasteiger partial charge in [-0.05, 0) is 43.0 Å². The summed E-state index contributed by atoms with van der Waals surface area (Å²) in [6, 6.07) is 11.1. The Morgan fingerprint density at radius 1 is 1.24 bits per heavy atom. The van der Waals surface area contributed by atoms with Crippen molar-refractivity contribution in [3.63, 3.8) is 0 Å². The molecule has 1 heterocycles. The number of phenolic OH excluding ortho intramolecular Hbond substituents is 1. The molecule has 0 radical (unpaired) electrons. The van der Waals surface area contributed by atoms with Crippen LogP contribution in [0, 0.1) is 17.0 Å². The summed E-state index contributed by atoms with van der Waals surface area (Å²) in [5.74, 6) is -0.516. The molecule has 8 heteroatoms. The number of nitro groups is 1. The van der Waals surface area contributed by atoms with Crippen molar-refractivity contribution in [2.45, 2.75) is 6.92 Å². The first-order valence-electron chi connectivity index (χ1n) is 7.26. The Balaban J connectivity index is 1.88. The molecule has 1 fully saturated rings. The fourth-order valence-electron chi connectivity index (χ4n) is 2.13. The Morgan fingerprint density at radius 2 is 1.96 bits per heavy atom. The van der Waals surface area contributed by atoms with Crippen molar-refractivity contribution < 1.29 is 14.8 Å². The molecule has 1 aliphatic heterocycles. The van der Waals surface area contributed by atoms with Crippen LogP contribution < -0.4 is 5.32 Å². The Morgan fingerprint density at radius 3 is 2.64 bits per heavy atom. The largest absolute Gasteiger partial charge is 0.507 e. The number of hydrogen-bond acceptors (Lipinski definition) is 6. The molecule has 1 aliphatic rings. The van der Waals surface area contributed by atoms with Crippen molar-refractivity contribution >= 4 is 40.3 Å². The summed E-state index contributed by atoms with van der Waals surface area (Å²) in [5.41, 5.74) is 1.84. The third-order valence-electron chi connectivity index (χ3n) is 3.42. The minimum Gasteiger partial charge on any atom is -0.507 e. The van der Waals surface area contributed by atoms with Crippen molar-refractivity contribution in [1.29, 1.82) is 0 Å². The molecule has 0 unspecified atom stereocenters. The predicted molar refractivity (Wildman–Crippen MR) is 96.7 cm³/mol. The lowest BCUT2D eigenvalue weighted by molar-refractivity contribution is -0.384. The number of amidine groups is 1. The first-order chi connectivity index (χ1) is 11.9. The Kier molecular flexibility index (Phi) is 4.53. The van der Waals surface area contributed by atoms with E-state index in [0.29, 0.717) is 15.8 Å². The van der Waals surface area contributed by atoms with Gasteiger partial charge in [0.2, 0.25) is 0 Å². The number of carbonyl (C=O) groups is 1. The number of nitro benzene ring substituents is 1. The van der Waals surface area contributed by atoms with Crippen LogP contribution in [0.4, 0.5) is 11.4 Å². The number of nitrogens with zero attached hydrogens (tertiary/aromatic N) is 2. The van der Waals surface area contributed by atoms with Gasteiger partial charge in [-0.2, -0.15) is 0 Å². The molecule has 0 bridgehead atoms. The van der Waals surface area contributed by atoms with Crippen molar-refractivity contribution in [2.24, 2.45) is 4.99 Å². The molecule has 2 aromatic rings. The lowest BCUT2D eigenvalue weighted by Gasteiger charge is -2.00. The number of hydrogen-bond donors (Lipinski definition) is 2. The van der Waals surface area contributed by atoms with Gasteiger partial charge in [0, 0.05) is 17.7 Å². The monoisotopic (exact) mass is 355 g/mol. The van der Waals surface area contributed by atoms with Crippen molar-refractivity contribution in [2.75, 3.05) is 0 Å². The molecule has 7 nitrogen and oxygen atoms in total. The van der Waals surface area contributed by atoms with Gasteiger partial charge in [0.25, 0.3) is 11.6 Å². The molecule has 126 valence electrons. The second kappa shape index (κ2) is 6.78. The quantitative estimate of drug-likeness (QED) is 0.498. The van der Waals surface area contributed by atoms with Gasteiger partial charge in [0.05, 0.1) is 15.5 Å². The fraction of sp³-hybridized carbons (Fsp3) is 0.0588. The maximum absolute atomic E-state index is 12.1. The maximum Gasteiger partial charge on any atom is 0.270 e. The lowest BCUT2D eigenvalue weighted by atomic mass is 10.1. The molecule has 1 amide bonds. The average molecular weight is 355 g/mol. The summed E-state index contributed by atoms with van der Waals surface area (Å²) < 4.78 is 0. The van der Waals surface area contributed by atoms with E-state index in [4.69, 9.17) is 0 Å². The number of non-ortho nitro benzene ring substituents is 1. The van der Waals surface area contributed by atoms with Gasteiger partial charge in [-0.3, -0.25) is 14.9 Å². The van der Waals surface area contributed by atoms with Gasteiger partial charge in [-0.25, -0.2) is 4.99 Å². The molecule has 1 saturated heterocycles. The van der Waals surface area contributed by atoms with E-state index in [-0.39, 0.29) is 22.9 Å². The number of phenols is 1. The van der Waals surface area contributed by atoms with E-state index in [1.807, 2.05) is 31.2 Å². The Bertz CT molecular complexity index is 920. The zero-order valence-corrected chi connectivity index (χ0v) is 13.9. The topological polar surface area (TPSA) is 105 Å². The van der Waals surface area contributed by atoms with E-state index in [0.717, 1.165) is 17.3 Å². The normalized spacial score (nSPS) is 17.1. The summed E-state index contributed by atoms with van der Waals surface area (Å²) in [7, 11) is 0. The number of carbonyl (C=O) groups excluding carboxylic acids is 1. The molecule has 25 heavy (non-hydrogen) atoms. The van der Waals surface area contributed by atoms with Gasteiger partial charge in [-0.15, -0.1) is 0 Å². The molecule has 3 rings (SSSR count). The van der Waals surface area contributed by atoms with Crippen molar-refractivity contribution in [1.82, 2.24) is 5.32 Å². The van der Waals surface area contributed by atoms with Crippen LogP contribution in [0.25, 0.3) is 6.08 Å².